The number of benzene rings is 1. The summed E-state index contributed by atoms with van der Waals surface area (Å²) in [5.74, 6) is -0.130. The minimum atomic E-state index is -0.318. The lowest BCUT2D eigenvalue weighted by molar-refractivity contribution is -0.890. The number of unbranched alkanes of at least 4 members (excludes halogenated alkanes) is 11. The summed E-state index contributed by atoms with van der Waals surface area (Å²) in [5, 5.41) is 0.912. The minimum absolute atomic E-state index is 0. The lowest BCUT2D eigenvalue weighted by Gasteiger charge is -2.29. The average Bonchev–Trinajstić information content (AvgIpc) is 2.71. The first-order valence-corrected chi connectivity index (χ1v) is 13.6. The van der Waals surface area contributed by atoms with Crippen LogP contribution in [0.2, 0.25) is 15.1 Å². The minimum Gasteiger partial charge on any atom is -1.00 e. The highest BCUT2D eigenvalue weighted by Gasteiger charge is 2.17. The molecule has 192 valence electrons. The molecule has 1 rings (SSSR count). The van der Waals surface area contributed by atoms with Crippen LogP contribution in [0.15, 0.2) is 12.1 Å². The lowest BCUT2D eigenvalue weighted by atomic mass is 10.1. The molecule has 0 atom stereocenters. The number of hydrogen-bond acceptors (Lipinski definition) is 2. The molecule has 0 saturated carbocycles. The van der Waals surface area contributed by atoms with Gasteiger partial charge in [-0.3, -0.25) is 4.79 Å². The number of halogens is 4. The van der Waals surface area contributed by atoms with E-state index < -0.39 is 0 Å². The molecule has 0 fully saturated rings. The summed E-state index contributed by atoms with van der Waals surface area (Å²) in [4.78, 5) is 12.2. The number of esters is 1. The molecule has 0 aliphatic carbocycles. The topological polar surface area (TPSA) is 26.3 Å². The summed E-state index contributed by atoms with van der Waals surface area (Å²) in [7, 11) is 4.47. The van der Waals surface area contributed by atoms with E-state index in [1.807, 2.05) is 0 Å². The van der Waals surface area contributed by atoms with E-state index in [-0.39, 0.29) is 45.7 Å². The van der Waals surface area contributed by atoms with E-state index in [4.69, 9.17) is 39.5 Å². The summed E-state index contributed by atoms with van der Waals surface area (Å²) in [5.41, 5.74) is 0. The second-order valence-electron chi connectivity index (χ2n) is 9.55. The molecule has 0 unspecified atom stereocenters. The van der Waals surface area contributed by atoms with E-state index >= 15 is 0 Å². The van der Waals surface area contributed by atoms with Gasteiger partial charge in [0.25, 0.3) is 0 Å². The predicted octanol–water partition coefficient (Wildman–Crippen LogP) is 6.11. The quantitative estimate of drug-likeness (QED) is 0.0641. The number of hydrogen-bond donors (Lipinski definition) is 0. The van der Waals surface area contributed by atoms with Crippen LogP contribution in [0.1, 0.15) is 96.8 Å². The number of carbonyl (C=O) groups is 1. The molecule has 3 nitrogen and oxygen atoms in total. The molecule has 1 aromatic rings. The maximum Gasteiger partial charge on any atom is 0.311 e. The second kappa shape index (κ2) is 19.4. The lowest BCUT2D eigenvalue weighted by Crippen LogP contribution is -3.00. The van der Waals surface area contributed by atoms with Crippen molar-refractivity contribution in [2.45, 2.75) is 96.8 Å². The van der Waals surface area contributed by atoms with Crippen molar-refractivity contribution in [2.75, 3.05) is 27.2 Å². The Morgan fingerprint density at radius 3 is 1.67 bits per heavy atom. The van der Waals surface area contributed by atoms with Crippen LogP contribution in [0, 0.1) is 0 Å². The Kier molecular flexibility index (Phi) is 19.6. The maximum atomic E-state index is 12.2. The Balaban J connectivity index is 0.0000102. The fourth-order valence-corrected chi connectivity index (χ4v) is 4.83. The smallest absolute Gasteiger partial charge is 0.311 e. The highest BCUT2D eigenvalue weighted by Crippen LogP contribution is 2.36. The van der Waals surface area contributed by atoms with Crippen molar-refractivity contribution < 1.29 is 38.0 Å². The third-order valence-corrected chi connectivity index (χ3v) is 6.72. The number of carbonyl (C=O) groups excluding carboxylic acids is 1. The number of ether oxygens (including phenoxy) is 1. The molecule has 0 amide bonds. The van der Waals surface area contributed by atoms with Crippen molar-refractivity contribution in [3.05, 3.63) is 27.2 Å². The Bertz CT molecular complexity index is 648. The summed E-state index contributed by atoms with van der Waals surface area (Å²) in [6, 6.07) is 3.04. The van der Waals surface area contributed by atoms with Gasteiger partial charge in [-0.1, -0.05) is 106 Å². The zero-order valence-corrected chi connectivity index (χ0v) is 25.2. The molecule has 0 spiro atoms. The molecular weight excluding hydrogens is 592 g/mol. The van der Waals surface area contributed by atoms with Crippen LogP contribution < -0.4 is 28.7 Å². The van der Waals surface area contributed by atoms with Gasteiger partial charge >= 0.3 is 5.97 Å². The van der Waals surface area contributed by atoms with Crippen molar-refractivity contribution in [1.29, 1.82) is 0 Å². The van der Waals surface area contributed by atoms with Crippen molar-refractivity contribution in [2.24, 2.45) is 0 Å². The van der Waals surface area contributed by atoms with E-state index in [1.54, 1.807) is 0 Å². The van der Waals surface area contributed by atoms with Crippen LogP contribution in [0.25, 0.3) is 0 Å². The predicted molar refractivity (Wildman–Crippen MR) is 139 cm³/mol. The van der Waals surface area contributed by atoms with Gasteiger partial charge in [0, 0.05) is 11.4 Å². The van der Waals surface area contributed by atoms with Crippen LogP contribution in [0.4, 0.5) is 0 Å². The molecule has 0 aliphatic heterocycles. The Morgan fingerprint density at radius 1 is 0.758 bits per heavy atom. The van der Waals surface area contributed by atoms with Crippen LogP contribution in [0.3, 0.4) is 0 Å². The molecule has 1 aromatic carbocycles. The second-order valence-corrected chi connectivity index (χ2v) is 10.8. The fraction of sp³-hybridized carbons (Fsp3) is 0.731. The van der Waals surface area contributed by atoms with Crippen LogP contribution in [-0.4, -0.2) is 37.6 Å². The Morgan fingerprint density at radius 2 is 1.18 bits per heavy atom. The average molecular weight is 635 g/mol. The van der Waals surface area contributed by atoms with Gasteiger partial charge in [-0.2, -0.15) is 0 Å². The van der Waals surface area contributed by atoms with Gasteiger partial charge in [0.1, 0.15) is 0 Å². The molecule has 0 heterocycles. The van der Waals surface area contributed by atoms with Gasteiger partial charge < -0.3 is 33.2 Å². The van der Waals surface area contributed by atoms with Crippen LogP contribution in [0.5, 0.6) is 5.75 Å². The van der Waals surface area contributed by atoms with E-state index in [9.17, 15) is 4.79 Å². The molecule has 0 bridgehead atoms. The molecular formula is C26H43Cl3INO2. The van der Waals surface area contributed by atoms with Crippen LogP contribution in [-0.2, 0) is 4.79 Å². The van der Waals surface area contributed by atoms with Crippen molar-refractivity contribution in [3.63, 3.8) is 0 Å². The van der Waals surface area contributed by atoms with Gasteiger partial charge in [-0.05, 0) is 25.0 Å². The van der Waals surface area contributed by atoms with Crippen LogP contribution >= 0.6 is 34.8 Å². The highest BCUT2D eigenvalue weighted by atomic mass is 127. The van der Waals surface area contributed by atoms with Gasteiger partial charge in [-0.25, -0.2) is 0 Å². The third-order valence-electron chi connectivity index (χ3n) is 5.94. The summed E-state index contributed by atoms with van der Waals surface area (Å²) in [6.07, 6.45) is 17.5. The van der Waals surface area contributed by atoms with Gasteiger partial charge in [0.15, 0.2) is 5.75 Å². The van der Waals surface area contributed by atoms with Gasteiger partial charge in [-0.15, -0.1) is 0 Å². The van der Waals surface area contributed by atoms with Gasteiger partial charge in [0.2, 0.25) is 0 Å². The van der Waals surface area contributed by atoms with Crippen molar-refractivity contribution in [1.82, 2.24) is 0 Å². The fourth-order valence-electron chi connectivity index (χ4n) is 3.94. The number of nitrogens with zero attached hydrogens (tertiary/aromatic N) is 1. The first-order chi connectivity index (χ1) is 15.2. The first kappa shape index (κ1) is 33.2. The van der Waals surface area contributed by atoms with Crippen molar-refractivity contribution >= 4 is 40.8 Å². The maximum absolute atomic E-state index is 12.2. The normalized spacial score (nSPS) is 11.3. The van der Waals surface area contributed by atoms with Gasteiger partial charge in [0.05, 0.1) is 43.7 Å². The monoisotopic (exact) mass is 633 g/mol. The summed E-state index contributed by atoms with van der Waals surface area (Å²) in [6.45, 7) is 4.35. The molecule has 7 heteroatoms. The largest absolute Gasteiger partial charge is 1.00 e. The molecule has 0 N–H and O–H groups in total. The van der Waals surface area contributed by atoms with Crippen molar-refractivity contribution in [3.8, 4) is 5.75 Å². The summed E-state index contributed by atoms with van der Waals surface area (Å²) >= 11 is 18.0. The highest BCUT2D eigenvalue weighted by molar-refractivity contribution is 6.40. The number of quaternary nitrogens is 1. The standard InChI is InChI=1S/C26H43Cl3NO2.HI/c1-4-5-6-7-8-9-10-11-12-13-14-15-18-30(2,3)19-16-17-25(31)32-26-23(28)20-22(27)21-24(26)29;/h20-21H,4-19H2,1-3H3;1H/q+1;/p-1. The molecule has 0 aliphatic rings. The molecule has 0 saturated heterocycles. The Hall–Kier alpha value is 0.250. The molecule has 33 heavy (non-hydrogen) atoms. The molecule has 0 radical (unpaired) electrons. The SMILES string of the molecule is CCCCCCCCCCCCCC[N+](C)(C)CCCC(=O)Oc1c(Cl)cc(Cl)cc1Cl.[I-]. The zero-order valence-electron chi connectivity index (χ0n) is 20.7. The third kappa shape index (κ3) is 16.5. The first-order valence-electron chi connectivity index (χ1n) is 12.4. The summed E-state index contributed by atoms with van der Waals surface area (Å²) < 4.78 is 6.28. The van der Waals surface area contributed by atoms with E-state index in [0.717, 1.165) is 24.0 Å². The Labute approximate surface area is 234 Å². The zero-order chi connectivity index (χ0) is 23.8. The van der Waals surface area contributed by atoms with E-state index in [1.165, 1.54) is 89.2 Å². The molecule has 0 aromatic heterocycles. The van der Waals surface area contributed by atoms with E-state index in [0.29, 0.717) is 11.4 Å². The number of rotatable bonds is 18. The van der Waals surface area contributed by atoms with E-state index in [2.05, 4.69) is 21.0 Å².